The molecule has 1 aliphatic rings. The van der Waals surface area contributed by atoms with Crippen LogP contribution in [0.5, 0.6) is 11.5 Å². The molecule has 40 heavy (non-hydrogen) atoms. The van der Waals surface area contributed by atoms with E-state index in [0.717, 1.165) is 29.0 Å². The van der Waals surface area contributed by atoms with Crippen molar-refractivity contribution in [2.24, 2.45) is 0 Å². The van der Waals surface area contributed by atoms with Crippen LogP contribution in [-0.4, -0.2) is 45.9 Å². The zero-order valence-corrected chi connectivity index (χ0v) is 23.5. The van der Waals surface area contributed by atoms with Crippen molar-refractivity contribution < 1.29 is 14.3 Å². The van der Waals surface area contributed by atoms with Crippen molar-refractivity contribution in [3.05, 3.63) is 113 Å². The highest BCUT2D eigenvalue weighted by Gasteiger charge is 2.33. The molecule has 7 nitrogen and oxygen atoms in total. The number of nitrogens with zero attached hydrogens (tertiary/aromatic N) is 3. The predicted octanol–water partition coefficient (Wildman–Crippen LogP) is 7.12. The average molecular weight is 557 g/mol. The molecule has 0 bridgehead atoms. The number of aryl methyl sites for hydroxylation is 1. The third-order valence-corrected chi connectivity index (χ3v) is 7.45. The van der Waals surface area contributed by atoms with Gasteiger partial charge < -0.3 is 24.4 Å². The van der Waals surface area contributed by atoms with Crippen LogP contribution >= 0.6 is 11.6 Å². The van der Waals surface area contributed by atoms with E-state index in [2.05, 4.69) is 9.88 Å². The van der Waals surface area contributed by atoms with Crippen LogP contribution in [0.25, 0.3) is 0 Å². The van der Waals surface area contributed by atoms with Gasteiger partial charge in [0, 0.05) is 42.2 Å². The largest absolute Gasteiger partial charge is 0.457 e. The lowest BCUT2D eigenvalue weighted by atomic mass is 9.99. The topological polar surface area (TPSA) is 66.8 Å². The van der Waals surface area contributed by atoms with E-state index in [9.17, 15) is 9.59 Å². The van der Waals surface area contributed by atoms with E-state index in [0.29, 0.717) is 36.1 Å². The fourth-order valence-electron chi connectivity index (χ4n) is 5.03. The first-order valence-corrected chi connectivity index (χ1v) is 13.9. The zero-order valence-electron chi connectivity index (χ0n) is 22.7. The number of hydrogen-bond donors (Lipinski definition) is 1. The summed E-state index contributed by atoms with van der Waals surface area (Å²) in [6, 6.07) is 26.3. The number of ether oxygens (including phenoxy) is 1. The highest BCUT2D eigenvalue weighted by molar-refractivity contribution is 6.31. The maximum Gasteiger partial charge on any atom is 0.322 e. The molecule has 206 valence electrons. The molecule has 1 atom stereocenters. The van der Waals surface area contributed by atoms with Crippen LogP contribution in [0.15, 0.2) is 91.1 Å². The van der Waals surface area contributed by atoms with Crippen molar-refractivity contribution in [1.29, 1.82) is 0 Å². The van der Waals surface area contributed by atoms with E-state index in [1.54, 1.807) is 11.0 Å². The highest BCUT2D eigenvalue weighted by atomic mass is 35.5. The minimum absolute atomic E-state index is 0.0311. The standard InChI is InChI=1S/C32H33ClN4O3/c1-3-16-36(32(39)34-25-15-14-23(2)28(33)21-25)22-30(38)37-19-18-35-17-8-13-29(35)31(37)24-9-7-12-27(20-24)40-26-10-5-4-6-11-26/h4-15,17,20-21,31H,3,16,18-19,22H2,1-2H3,(H,34,39)/t31-/m0/s1. The van der Waals surface area contributed by atoms with E-state index in [1.807, 2.05) is 104 Å². The molecule has 0 unspecified atom stereocenters. The van der Waals surface area contributed by atoms with Crippen molar-refractivity contribution >= 4 is 29.2 Å². The number of aromatic nitrogens is 1. The van der Waals surface area contributed by atoms with Crippen molar-refractivity contribution in [3.63, 3.8) is 0 Å². The fourth-order valence-corrected chi connectivity index (χ4v) is 5.21. The molecule has 1 aliphatic heterocycles. The number of para-hydroxylation sites is 1. The SMILES string of the molecule is CCCN(CC(=O)N1CCn2cccc2[C@@H]1c1cccc(Oc2ccccc2)c1)C(=O)Nc1ccc(C)c(Cl)c1. The number of benzene rings is 3. The van der Waals surface area contributed by atoms with Gasteiger partial charge in [0.2, 0.25) is 5.91 Å². The molecule has 5 rings (SSSR count). The molecule has 0 radical (unpaired) electrons. The quantitative estimate of drug-likeness (QED) is 0.251. The molecule has 3 aromatic carbocycles. The normalized spacial score (nSPS) is 14.4. The number of hydrogen-bond acceptors (Lipinski definition) is 3. The molecule has 0 aliphatic carbocycles. The Hall–Kier alpha value is -4.23. The number of rotatable bonds is 8. The first kappa shape index (κ1) is 27.3. The van der Waals surface area contributed by atoms with E-state index >= 15 is 0 Å². The van der Waals surface area contributed by atoms with Crippen molar-refractivity contribution in [2.45, 2.75) is 32.9 Å². The number of anilines is 1. The van der Waals surface area contributed by atoms with Crippen molar-refractivity contribution in [1.82, 2.24) is 14.4 Å². The van der Waals surface area contributed by atoms with E-state index in [4.69, 9.17) is 16.3 Å². The molecule has 4 aromatic rings. The third-order valence-electron chi connectivity index (χ3n) is 7.04. The molecule has 0 fully saturated rings. The predicted molar refractivity (Wildman–Crippen MR) is 158 cm³/mol. The second kappa shape index (κ2) is 12.3. The van der Waals surface area contributed by atoms with Gasteiger partial charge in [-0.1, -0.05) is 54.9 Å². The van der Waals surface area contributed by atoms with Gasteiger partial charge in [-0.15, -0.1) is 0 Å². The smallest absolute Gasteiger partial charge is 0.322 e. The van der Waals surface area contributed by atoms with Gasteiger partial charge in [-0.25, -0.2) is 4.79 Å². The number of urea groups is 1. The van der Waals surface area contributed by atoms with Crippen LogP contribution in [0.1, 0.15) is 36.2 Å². The Morgan fingerprint density at radius 1 is 0.975 bits per heavy atom. The van der Waals surface area contributed by atoms with Gasteiger partial charge in [0.15, 0.2) is 0 Å². The van der Waals surface area contributed by atoms with E-state index in [1.165, 1.54) is 0 Å². The Labute approximate surface area is 239 Å². The zero-order chi connectivity index (χ0) is 28.1. The lowest BCUT2D eigenvalue weighted by molar-refractivity contribution is -0.134. The summed E-state index contributed by atoms with van der Waals surface area (Å²) < 4.78 is 8.27. The molecule has 0 saturated carbocycles. The van der Waals surface area contributed by atoms with Gasteiger partial charge in [0.1, 0.15) is 18.0 Å². The number of carbonyl (C=O) groups is 2. The minimum Gasteiger partial charge on any atom is -0.457 e. The molecule has 3 amide bonds. The molecule has 2 heterocycles. The Morgan fingerprint density at radius 2 is 1.77 bits per heavy atom. The Kier molecular flexibility index (Phi) is 8.41. The summed E-state index contributed by atoms with van der Waals surface area (Å²) in [4.78, 5) is 30.5. The molecule has 8 heteroatoms. The van der Waals surface area contributed by atoms with Crippen molar-refractivity contribution in [2.75, 3.05) is 25.0 Å². The number of amides is 3. The minimum atomic E-state index is -0.328. The third kappa shape index (κ3) is 6.15. The molecular formula is C32H33ClN4O3. The lowest BCUT2D eigenvalue weighted by Crippen LogP contribution is -2.48. The first-order valence-electron chi connectivity index (χ1n) is 13.5. The summed E-state index contributed by atoms with van der Waals surface area (Å²) in [6.07, 6.45) is 2.76. The van der Waals surface area contributed by atoms with Gasteiger partial charge in [-0.05, 0) is 73.0 Å². The van der Waals surface area contributed by atoms with Crippen LogP contribution in [-0.2, 0) is 11.3 Å². The summed E-state index contributed by atoms with van der Waals surface area (Å²) in [5, 5.41) is 3.48. The van der Waals surface area contributed by atoms with Crippen molar-refractivity contribution in [3.8, 4) is 11.5 Å². The van der Waals surface area contributed by atoms with Crippen LogP contribution in [0.4, 0.5) is 10.5 Å². The van der Waals surface area contributed by atoms with Crippen LogP contribution in [0.2, 0.25) is 5.02 Å². The van der Waals surface area contributed by atoms with Gasteiger partial charge >= 0.3 is 6.03 Å². The number of fused-ring (bicyclic) bond motifs is 1. The summed E-state index contributed by atoms with van der Waals surface area (Å²) in [7, 11) is 0. The second-order valence-electron chi connectivity index (χ2n) is 9.92. The van der Waals surface area contributed by atoms with Gasteiger partial charge in [0.05, 0.1) is 6.04 Å². The van der Waals surface area contributed by atoms with E-state index < -0.39 is 0 Å². The lowest BCUT2D eigenvalue weighted by Gasteiger charge is -2.38. The van der Waals surface area contributed by atoms with Gasteiger partial charge in [-0.2, -0.15) is 0 Å². The van der Waals surface area contributed by atoms with E-state index in [-0.39, 0.29) is 24.5 Å². The Bertz CT molecular complexity index is 1490. The molecule has 0 spiro atoms. The maximum absolute atomic E-state index is 13.9. The summed E-state index contributed by atoms with van der Waals surface area (Å²) in [5.41, 5.74) is 3.50. The molecule has 1 aromatic heterocycles. The number of carbonyl (C=O) groups excluding carboxylic acids is 2. The Morgan fingerprint density at radius 3 is 2.55 bits per heavy atom. The Balaban J connectivity index is 1.38. The molecule has 1 N–H and O–H groups in total. The average Bonchev–Trinajstić information content (AvgIpc) is 3.44. The summed E-state index contributed by atoms with van der Waals surface area (Å²) in [5.74, 6) is 1.33. The first-order chi connectivity index (χ1) is 19.4. The van der Waals surface area contributed by atoms with Crippen LogP contribution < -0.4 is 10.1 Å². The maximum atomic E-state index is 13.9. The number of halogens is 1. The second-order valence-corrected chi connectivity index (χ2v) is 10.3. The molecular weight excluding hydrogens is 524 g/mol. The summed E-state index contributed by atoms with van der Waals surface area (Å²) >= 11 is 6.25. The van der Waals surface area contributed by atoms with Crippen LogP contribution in [0.3, 0.4) is 0 Å². The van der Waals surface area contributed by atoms with Gasteiger partial charge in [0.25, 0.3) is 0 Å². The highest BCUT2D eigenvalue weighted by Crippen LogP contribution is 2.35. The summed E-state index contributed by atoms with van der Waals surface area (Å²) in [6.45, 7) is 5.53. The van der Waals surface area contributed by atoms with Gasteiger partial charge in [-0.3, -0.25) is 4.79 Å². The van der Waals surface area contributed by atoms with Crippen LogP contribution in [0, 0.1) is 6.92 Å². The fraction of sp³-hybridized carbons (Fsp3) is 0.250. The number of nitrogens with one attached hydrogen (secondary N) is 1. The monoisotopic (exact) mass is 556 g/mol. The molecule has 0 saturated heterocycles.